The molecule has 1 N–H and O–H groups in total. The standard InChI is InChI=1S/C31H39N7O2/c1-35-15-17-36(18-16-35)21-23-7-6-14-37(22-23)24-10-12-27(30(19-24)40-3)33-31-32-20-25-11-13-28(38(25)34-31)26-8-4-5-9-29(26)39-2/h4-5,8-13,19-20,23H,6-7,14-18,21-22H2,1-3H3,(H,33,34)/t23-/m0/s1. The predicted octanol–water partition coefficient (Wildman–Crippen LogP) is 4.62. The fourth-order valence-electron chi connectivity index (χ4n) is 5.96. The van der Waals surface area contributed by atoms with Crippen LogP contribution in [0.1, 0.15) is 12.8 Å². The van der Waals surface area contributed by atoms with Gasteiger partial charge in [-0.15, -0.1) is 5.10 Å². The first-order chi connectivity index (χ1) is 19.6. The number of fused-ring (bicyclic) bond motifs is 1. The summed E-state index contributed by atoms with van der Waals surface area (Å²) in [6, 6.07) is 18.4. The van der Waals surface area contributed by atoms with E-state index in [2.05, 4.69) is 50.2 Å². The number of piperidine rings is 1. The zero-order valence-electron chi connectivity index (χ0n) is 23.7. The molecule has 4 aromatic rings. The number of ether oxygens (including phenoxy) is 2. The average molecular weight is 542 g/mol. The summed E-state index contributed by atoms with van der Waals surface area (Å²) in [6.07, 6.45) is 4.35. The van der Waals surface area contributed by atoms with Crippen molar-refractivity contribution in [2.24, 2.45) is 5.92 Å². The summed E-state index contributed by atoms with van der Waals surface area (Å²) < 4.78 is 13.3. The van der Waals surface area contributed by atoms with Crippen molar-refractivity contribution in [2.45, 2.75) is 12.8 Å². The lowest BCUT2D eigenvalue weighted by atomic mass is 9.96. The Morgan fingerprint density at radius 2 is 1.75 bits per heavy atom. The smallest absolute Gasteiger partial charge is 0.245 e. The van der Waals surface area contributed by atoms with Crippen LogP contribution < -0.4 is 19.7 Å². The second-order valence-corrected chi connectivity index (χ2v) is 10.9. The van der Waals surface area contributed by atoms with E-state index in [9.17, 15) is 0 Å². The van der Waals surface area contributed by atoms with Gasteiger partial charge in [-0.2, -0.15) is 0 Å². The Morgan fingerprint density at radius 1 is 0.925 bits per heavy atom. The molecule has 9 nitrogen and oxygen atoms in total. The molecular weight excluding hydrogens is 502 g/mol. The molecule has 210 valence electrons. The molecular formula is C31H39N7O2. The van der Waals surface area contributed by atoms with Gasteiger partial charge >= 0.3 is 0 Å². The summed E-state index contributed by atoms with van der Waals surface area (Å²) >= 11 is 0. The van der Waals surface area contributed by atoms with Crippen LogP contribution in [-0.4, -0.2) is 91.5 Å². The third-order valence-electron chi connectivity index (χ3n) is 8.21. The lowest BCUT2D eigenvalue weighted by molar-refractivity contribution is 0.131. The molecule has 2 saturated heterocycles. The largest absolute Gasteiger partial charge is 0.496 e. The van der Waals surface area contributed by atoms with Crippen LogP contribution in [0.4, 0.5) is 17.3 Å². The first-order valence-corrected chi connectivity index (χ1v) is 14.2. The van der Waals surface area contributed by atoms with Crippen LogP contribution in [0.15, 0.2) is 60.8 Å². The number of hydrogen-bond acceptors (Lipinski definition) is 8. The molecule has 2 aromatic heterocycles. The zero-order chi connectivity index (χ0) is 27.5. The second-order valence-electron chi connectivity index (χ2n) is 10.9. The molecule has 0 bridgehead atoms. The van der Waals surface area contributed by atoms with Gasteiger partial charge in [0.25, 0.3) is 0 Å². The summed E-state index contributed by atoms with van der Waals surface area (Å²) in [5, 5.41) is 8.19. The molecule has 40 heavy (non-hydrogen) atoms. The van der Waals surface area contributed by atoms with Gasteiger partial charge in [0, 0.05) is 63.1 Å². The van der Waals surface area contributed by atoms with Gasteiger partial charge in [-0.1, -0.05) is 12.1 Å². The Hall–Kier alpha value is -3.82. The highest BCUT2D eigenvalue weighted by Gasteiger charge is 2.24. The molecule has 9 heteroatoms. The van der Waals surface area contributed by atoms with Gasteiger partial charge in [-0.05, 0) is 62.2 Å². The van der Waals surface area contributed by atoms with Gasteiger partial charge in [0.05, 0.1) is 37.3 Å². The molecule has 6 rings (SSSR count). The van der Waals surface area contributed by atoms with E-state index in [0.29, 0.717) is 11.9 Å². The highest BCUT2D eigenvalue weighted by Crippen LogP contribution is 2.34. The van der Waals surface area contributed by atoms with E-state index >= 15 is 0 Å². The van der Waals surface area contributed by atoms with E-state index < -0.39 is 0 Å². The number of likely N-dealkylation sites (N-methyl/N-ethyl adjacent to an activating group) is 1. The van der Waals surface area contributed by atoms with Crippen molar-refractivity contribution in [1.82, 2.24) is 24.4 Å². The maximum absolute atomic E-state index is 5.82. The van der Waals surface area contributed by atoms with E-state index in [1.54, 1.807) is 14.2 Å². The van der Waals surface area contributed by atoms with Crippen molar-refractivity contribution in [1.29, 1.82) is 0 Å². The van der Waals surface area contributed by atoms with Gasteiger partial charge in [0.2, 0.25) is 5.95 Å². The Morgan fingerprint density at radius 3 is 2.58 bits per heavy atom. The molecule has 0 saturated carbocycles. The third-order valence-corrected chi connectivity index (χ3v) is 8.21. The van der Waals surface area contributed by atoms with Gasteiger partial charge in [0.1, 0.15) is 11.5 Å². The normalized spacial score (nSPS) is 18.7. The van der Waals surface area contributed by atoms with E-state index in [0.717, 1.165) is 47.1 Å². The maximum atomic E-state index is 5.82. The maximum Gasteiger partial charge on any atom is 0.245 e. The molecule has 2 aromatic carbocycles. The van der Waals surface area contributed by atoms with E-state index in [4.69, 9.17) is 14.6 Å². The van der Waals surface area contributed by atoms with Gasteiger partial charge < -0.3 is 29.5 Å². The van der Waals surface area contributed by atoms with Crippen molar-refractivity contribution < 1.29 is 9.47 Å². The molecule has 0 radical (unpaired) electrons. The molecule has 0 unspecified atom stereocenters. The summed E-state index contributed by atoms with van der Waals surface area (Å²) in [5.41, 5.74) is 4.86. The van der Waals surface area contributed by atoms with Crippen molar-refractivity contribution in [2.75, 3.05) is 77.3 Å². The third kappa shape index (κ3) is 5.57. The molecule has 2 aliphatic rings. The van der Waals surface area contributed by atoms with Gasteiger partial charge in [-0.3, -0.25) is 0 Å². The summed E-state index contributed by atoms with van der Waals surface area (Å²) in [7, 11) is 5.62. The number of piperazine rings is 1. The Balaban J connectivity index is 1.18. The number of nitrogens with one attached hydrogen (secondary N) is 1. The van der Waals surface area contributed by atoms with Crippen LogP contribution in [0.5, 0.6) is 11.5 Å². The zero-order valence-corrected chi connectivity index (χ0v) is 23.7. The van der Waals surface area contributed by atoms with Crippen LogP contribution in [0, 0.1) is 5.92 Å². The number of anilines is 3. The number of aromatic nitrogens is 3. The minimum atomic E-state index is 0.496. The summed E-state index contributed by atoms with van der Waals surface area (Å²) in [5.74, 6) is 2.77. The van der Waals surface area contributed by atoms with Crippen molar-refractivity contribution >= 4 is 22.8 Å². The number of methoxy groups -OCH3 is 2. The van der Waals surface area contributed by atoms with Crippen molar-refractivity contribution in [3.8, 4) is 22.8 Å². The predicted molar refractivity (Wildman–Crippen MR) is 160 cm³/mol. The second kappa shape index (κ2) is 11.7. The van der Waals surface area contributed by atoms with Gasteiger partial charge in [-0.25, -0.2) is 9.50 Å². The fraction of sp³-hybridized carbons (Fsp3) is 0.419. The first kappa shape index (κ1) is 26.4. The highest BCUT2D eigenvalue weighted by atomic mass is 16.5. The SMILES string of the molecule is COc1cc(N2CCC[C@@H](CN3CCN(C)CC3)C2)ccc1Nc1ncc2ccc(-c3ccccc3OC)n2n1. The number of hydrogen-bond donors (Lipinski definition) is 1. The van der Waals surface area contributed by atoms with E-state index in [1.807, 2.05) is 47.1 Å². The molecule has 2 fully saturated rings. The molecule has 4 heterocycles. The average Bonchev–Trinajstić information content (AvgIpc) is 3.42. The number of rotatable bonds is 8. The Bertz CT molecular complexity index is 1450. The van der Waals surface area contributed by atoms with Gasteiger partial charge in [0.15, 0.2) is 0 Å². The van der Waals surface area contributed by atoms with Crippen LogP contribution >= 0.6 is 0 Å². The molecule has 2 aliphatic heterocycles. The van der Waals surface area contributed by atoms with Crippen LogP contribution in [0.25, 0.3) is 16.8 Å². The molecule has 0 amide bonds. The number of nitrogens with zero attached hydrogens (tertiary/aromatic N) is 6. The topological polar surface area (TPSA) is 70.4 Å². The highest BCUT2D eigenvalue weighted by molar-refractivity contribution is 5.72. The fourth-order valence-corrected chi connectivity index (χ4v) is 5.96. The summed E-state index contributed by atoms with van der Waals surface area (Å²) in [6.45, 7) is 8.06. The van der Waals surface area contributed by atoms with Crippen molar-refractivity contribution in [3.05, 3.63) is 60.8 Å². The number of benzene rings is 2. The minimum absolute atomic E-state index is 0.496. The minimum Gasteiger partial charge on any atom is -0.496 e. The van der Waals surface area contributed by atoms with Crippen LogP contribution in [0.2, 0.25) is 0 Å². The Kier molecular flexibility index (Phi) is 7.75. The molecule has 0 aliphatic carbocycles. The summed E-state index contributed by atoms with van der Waals surface area (Å²) in [4.78, 5) is 12.1. The van der Waals surface area contributed by atoms with E-state index in [1.165, 1.54) is 51.3 Å². The van der Waals surface area contributed by atoms with Crippen molar-refractivity contribution in [3.63, 3.8) is 0 Å². The van der Waals surface area contributed by atoms with Crippen LogP contribution in [0.3, 0.4) is 0 Å². The quantitative estimate of drug-likeness (QED) is 0.347. The first-order valence-electron chi connectivity index (χ1n) is 14.2. The van der Waals surface area contributed by atoms with E-state index in [-0.39, 0.29) is 0 Å². The molecule has 0 spiro atoms. The lowest BCUT2D eigenvalue weighted by Crippen LogP contribution is -2.48. The molecule has 1 atom stereocenters. The Labute approximate surface area is 236 Å². The lowest BCUT2D eigenvalue weighted by Gasteiger charge is -2.39. The van der Waals surface area contributed by atoms with Crippen LogP contribution in [-0.2, 0) is 0 Å². The monoisotopic (exact) mass is 541 g/mol. The number of para-hydroxylation sites is 1.